The van der Waals surface area contributed by atoms with Crippen molar-refractivity contribution in [2.75, 3.05) is 17.9 Å². The molecule has 0 aliphatic carbocycles. The molecule has 0 aliphatic rings. The van der Waals surface area contributed by atoms with Crippen LogP contribution in [0.5, 0.6) is 0 Å². The summed E-state index contributed by atoms with van der Waals surface area (Å²) in [4.78, 5) is 29.2. The fourth-order valence-corrected chi connectivity index (χ4v) is 6.95. The molecule has 0 spiro atoms. The number of halogens is 3. The molecule has 0 aliphatic heterocycles. The van der Waals surface area contributed by atoms with Gasteiger partial charge in [-0.2, -0.15) is 0 Å². The van der Waals surface area contributed by atoms with Gasteiger partial charge in [-0.05, 0) is 61.4 Å². The molecule has 0 saturated heterocycles. The van der Waals surface area contributed by atoms with Crippen molar-refractivity contribution in [3.8, 4) is 0 Å². The van der Waals surface area contributed by atoms with Gasteiger partial charge in [0.1, 0.15) is 12.6 Å². The average molecular weight is 673 g/mol. The lowest BCUT2D eigenvalue weighted by Gasteiger charge is -2.34. The van der Waals surface area contributed by atoms with Crippen molar-refractivity contribution in [3.63, 3.8) is 0 Å². The monoisotopic (exact) mass is 671 g/mol. The quantitative estimate of drug-likeness (QED) is 0.189. The Morgan fingerprint density at radius 2 is 1.39 bits per heavy atom. The molecule has 11 heteroatoms. The largest absolute Gasteiger partial charge is 0.357 e. The van der Waals surface area contributed by atoms with Crippen LogP contribution in [0.15, 0.2) is 95.9 Å². The number of benzene rings is 4. The summed E-state index contributed by atoms with van der Waals surface area (Å²) in [6.45, 7) is 2.77. The number of aryl methyl sites for hydroxylation is 1. The number of hydrogen-bond donors (Lipinski definition) is 1. The number of anilines is 1. The number of nitrogens with one attached hydrogen (secondary N) is 1. The van der Waals surface area contributed by atoms with Crippen LogP contribution >= 0.6 is 34.8 Å². The van der Waals surface area contributed by atoms with Crippen LogP contribution in [0.2, 0.25) is 15.1 Å². The first-order valence-electron chi connectivity index (χ1n) is 13.8. The van der Waals surface area contributed by atoms with E-state index in [2.05, 4.69) is 5.32 Å². The second kappa shape index (κ2) is 14.5. The molecule has 4 aromatic carbocycles. The van der Waals surface area contributed by atoms with Crippen LogP contribution in [0.1, 0.15) is 22.3 Å². The van der Waals surface area contributed by atoms with Gasteiger partial charge in [-0.3, -0.25) is 13.9 Å². The molecule has 2 amide bonds. The Bertz CT molecular complexity index is 1730. The van der Waals surface area contributed by atoms with E-state index in [0.29, 0.717) is 26.2 Å². The maximum absolute atomic E-state index is 14.5. The van der Waals surface area contributed by atoms with E-state index < -0.39 is 34.4 Å². The second-order valence-corrected chi connectivity index (χ2v) is 13.3. The van der Waals surface area contributed by atoms with Crippen LogP contribution in [-0.4, -0.2) is 44.8 Å². The van der Waals surface area contributed by atoms with Gasteiger partial charge in [0.15, 0.2) is 0 Å². The Hall–Kier alpha value is -3.56. The van der Waals surface area contributed by atoms with Gasteiger partial charge in [-0.15, -0.1) is 0 Å². The van der Waals surface area contributed by atoms with Gasteiger partial charge in [-0.1, -0.05) is 95.0 Å². The minimum absolute atomic E-state index is 0.00288. The number of sulfonamides is 1. The lowest BCUT2D eigenvalue weighted by Crippen LogP contribution is -2.53. The summed E-state index contributed by atoms with van der Waals surface area (Å²) < 4.78 is 29.4. The van der Waals surface area contributed by atoms with Crippen LogP contribution in [-0.2, 0) is 32.6 Å². The molecule has 230 valence electrons. The third kappa shape index (κ3) is 7.56. The van der Waals surface area contributed by atoms with Crippen molar-refractivity contribution < 1.29 is 18.0 Å². The van der Waals surface area contributed by atoms with Crippen molar-refractivity contribution in [2.45, 2.75) is 37.8 Å². The third-order valence-electron chi connectivity index (χ3n) is 7.30. The topological polar surface area (TPSA) is 86.8 Å². The minimum atomic E-state index is -4.26. The van der Waals surface area contributed by atoms with E-state index >= 15 is 0 Å². The number of amides is 2. The lowest BCUT2D eigenvalue weighted by atomic mass is 10.0. The molecule has 1 atom stereocenters. The highest BCUT2D eigenvalue weighted by atomic mass is 35.5. The summed E-state index contributed by atoms with van der Waals surface area (Å²) in [7, 11) is -2.78. The summed E-state index contributed by atoms with van der Waals surface area (Å²) in [6, 6.07) is 24.4. The van der Waals surface area contributed by atoms with Gasteiger partial charge in [0.2, 0.25) is 11.8 Å². The maximum Gasteiger partial charge on any atom is 0.264 e. The Kier molecular flexibility index (Phi) is 11.0. The van der Waals surface area contributed by atoms with Gasteiger partial charge < -0.3 is 10.2 Å². The lowest BCUT2D eigenvalue weighted by molar-refractivity contribution is -0.139. The van der Waals surface area contributed by atoms with E-state index in [0.717, 1.165) is 15.4 Å². The van der Waals surface area contributed by atoms with Crippen LogP contribution < -0.4 is 9.62 Å². The fourth-order valence-electron chi connectivity index (χ4n) is 4.79. The van der Waals surface area contributed by atoms with E-state index in [1.54, 1.807) is 55.5 Å². The van der Waals surface area contributed by atoms with Crippen LogP contribution in [0.4, 0.5) is 5.69 Å². The smallest absolute Gasteiger partial charge is 0.264 e. The Balaban J connectivity index is 1.85. The minimum Gasteiger partial charge on any atom is -0.357 e. The molecule has 0 fully saturated rings. The van der Waals surface area contributed by atoms with E-state index in [4.69, 9.17) is 34.8 Å². The molecule has 0 radical (unpaired) electrons. The van der Waals surface area contributed by atoms with E-state index in [1.807, 2.05) is 37.3 Å². The molecule has 1 N–H and O–H groups in total. The number of rotatable bonds is 11. The average Bonchev–Trinajstić information content (AvgIpc) is 3.00. The molecule has 4 aromatic rings. The zero-order valence-electron chi connectivity index (χ0n) is 24.4. The number of carbonyl (C=O) groups is 2. The van der Waals surface area contributed by atoms with E-state index in [9.17, 15) is 18.0 Å². The van der Waals surface area contributed by atoms with Crippen LogP contribution in [0.25, 0.3) is 0 Å². The first kappa shape index (κ1) is 33.3. The molecule has 0 saturated carbocycles. The van der Waals surface area contributed by atoms with Crippen LogP contribution in [0, 0.1) is 13.8 Å². The van der Waals surface area contributed by atoms with Crippen LogP contribution in [0.3, 0.4) is 0 Å². The molecule has 0 unspecified atom stereocenters. The molecule has 4 rings (SSSR count). The zero-order valence-corrected chi connectivity index (χ0v) is 27.5. The van der Waals surface area contributed by atoms with Gasteiger partial charge in [0.25, 0.3) is 10.0 Å². The summed E-state index contributed by atoms with van der Waals surface area (Å²) in [5.41, 5.74) is 2.83. The Morgan fingerprint density at radius 3 is 2.00 bits per heavy atom. The SMILES string of the molecule is CNC(=O)[C@H](Cc1ccccc1)N(Cc1c(Cl)cccc1Cl)C(=O)CN(c1cccc(Cl)c1C)S(=O)(=O)c1ccc(C)cc1. The van der Waals surface area contributed by atoms with E-state index in [1.165, 1.54) is 24.1 Å². The van der Waals surface area contributed by atoms with Crippen molar-refractivity contribution in [2.24, 2.45) is 0 Å². The number of hydrogen-bond acceptors (Lipinski definition) is 4. The normalized spacial score (nSPS) is 12.0. The molecule has 7 nitrogen and oxygen atoms in total. The van der Waals surface area contributed by atoms with E-state index in [-0.39, 0.29) is 23.5 Å². The summed E-state index contributed by atoms with van der Waals surface area (Å²) in [5, 5.41) is 3.60. The molecular formula is C33H32Cl3N3O4S. The molecule has 44 heavy (non-hydrogen) atoms. The first-order chi connectivity index (χ1) is 20.9. The molecule has 0 heterocycles. The predicted molar refractivity (Wildman–Crippen MR) is 177 cm³/mol. The highest BCUT2D eigenvalue weighted by Gasteiger charge is 2.35. The number of carbonyl (C=O) groups excluding carboxylic acids is 2. The third-order valence-corrected chi connectivity index (χ3v) is 10.2. The highest BCUT2D eigenvalue weighted by Crippen LogP contribution is 2.32. The van der Waals surface area contributed by atoms with Gasteiger partial charge >= 0.3 is 0 Å². The second-order valence-electron chi connectivity index (χ2n) is 10.3. The number of nitrogens with zero attached hydrogens (tertiary/aromatic N) is 2. The molecular weight excluding hydrogens is 641 g/mol. The van der Waals surface area contributed by atoms with Crippen molar-refractivity contribution in [1.82, 2.24) is 10.2 Å². The Labute approximate surface area is 273 Å². The summed E-state index contributed by atoms with van der Waals surface area (Å²) in [5.74, 6) is -1.07. The zero-order chi connectivity index (χ0) is 32.0. The summed E-state index contributed by atoms with van der Waals surface area (Å²) >= 11 is 19.5. The maximum atomic E-state index is 14.5. The van der Waals surface area contributed by atoms with Gasteiger partial charge in [0.05, 0.1) is 10.6 Å². The molecule has 0 aromatic heterocycles. The highest BCUT2D eigenvalue weighted by molar-refractivity contribution is 7.92. The van der Waals surface area contributed by atoms with Crippen molar-refractivity contribution in [3.05, 3.63) is 128 Å². The van der Waals surface area contributed by atoms with Crippen molar-refractivity contribution in [1.29, 1.82) is 0 Å². The molecule has 0 bridgehead atoms. The summed E-state index contributed by atoms with van der Waals surface area (Å²) in [6.07, 6.45) is 0.162. The predicted octanol–water partition coefficient (Wildman–Crippen LogP) is 6.85. The van der Waals surface area contributed by atoms with Crippen molar-refractivity contribution >= 4 is 62.3 Å². The fraction of sp³-hybridized carbons (Fsp3) is 0.212. The van der Waals surface area contributed by atoms with Gasteiger partial charge in [-0.25, -0.2) is 8.42 Å². The number of likely N-dealkylation sites (N-methyl/N-ethyl adjacent to an activating group) is 1. The van der Waals surface area contributed by atoms with Gasteiger partial charge in [0, 0.05) is 40.6 Å². The standard InChI is InChI=1S/C33H32Cl3N3O4S/c1-22-15-17-25(18-16-22)44(42,43)39(30-14-8-11-27(34)23(30)2)21-32(40)38(20-26-28(35)12-7-13-29(26)36)31(33(41)37-3)19-24-9-5-4-6-10-24/h4-18,31H,19-21H2,1-3H3,(H,37,41)/t31-/m0/s1. The first-order valence-corrected chi connectivity index (χ1v) is 16.3. The Morgan fingerprint density at radius 1 is 0.795 bits per heavy atom.